The molecule has 1 aliphatic carbocycles. The van der Waals surface area contributed by atoms with Crippen molar-refractivity contribution in [3.05, 3.63) is 51.6 Å². The third-order valence-electron chi connectivity index (χ3n) is 5.32. The van der Waals surface area contributed by atoms with Crippen LogP contribution in [0.4, 0.5) is 0 Å². The number of fused-ring (bicyclic) bond motifs is 1. The zero-order chi connectivity index (χ0) is 20.4. The van der Waals surface area contributed by atoms with Gasteiger partial charge < -0.3 is 5.32 Å². The first-order valence-electron chi connectivity index (χ1n) is 10.1. The van der Waals surface area contributed by atoms with Crippen LogP contribution < -0.4 is 10.9 Å². The maximum atomic E-state index is 13.5. The summed E-state index contributed by atoms with van der Waals surface area (Å²) in [5.41, 5.74) is 1.88. The Morgan fingerprint density at radius 2 is 2.00 bits per heavy atom. The van der Waals surface area contributed by atoms with Gasteiger partial charge in [-0.3, -0.25) is 14.2 Å². The highest BCUT2D eigenvalue weighted by Crippen LogP contribution is 2.44. The second-order valence-corrected chi connectivity index (χ2v) is 9.19. The van der Waals surface area contributed by atoms with Gasteiger partial charge in [0.2, 0.25) is 5.91 Å². The van der Waals surface area contributed by atoms with Crippen LogP contribution in [0.1, 0.15) is 51.0 Å². The van der Waals surface area contributed by atoms with E-state index in [-0.39, 0.29) is 23.3 Å². The summed E-state index contributed by atoms with van der Waals surface area (Å²) in [7, 11) is 0. The Hall–Kier alpha value is -2.12. The van der Waals surface area contributed by atoms with Gasteiger partial charge in [-0.25, -0.2) is 4.98 Å². The Morgan fingerprint density at radius 3 is 2.66 bits per heavy atom. The first-order chi connectivity index (χ1) is 14.1. The van der Waals surface area contributed by atoms with Gasteiger partial charge in [-0.15, -0.1) is 11.3 Å². The molecule has 29 heavy (non-hydrogen) atoms. The van der Waals surface area contributed by atoms with E-state index in [2.05, 4.69) is 24.5 Å². The molecule has 7 heteroatoms. The second kappa shape index (κ2) is 8.71. The van der Waals surface area contributed by atoms with Gasteiger partial charge in [0, 0.05) is 6.04 Å². The number of benzene rings is 1. The molecule has 2 heterocycles. The molecule has 5 nitrogen and oxygen atoms in total. The lowest BCUT2D eigenvalue weighted by molar-refractivity contribution is -0.119. The normalized spacial score (nSPS) is 13.9. The number of rotatable bonds is 8. The maximum absolute atomic E-state index is 13.5. The van der Waals surface area contributed by atoms with Gasteiger partial charge in [0.25, 0.3) is 5.56 Å². The molecule has 1 aromatic carbocycles. The molecule has 0 bridgehead atoms. The van der Waals surface area contributed by atoms with Crippen molar-refractivity contribution < 1.29 is 4.79 Å². The van der Waals surface area contributed by atoms with Gasteiger partial charge in [0.15, 0.2) is 5.16 Å². The van der Waals surface area contributed by atoms with Crippen LogP contribution in [0, 0.1) is 0 Å². The Bertz CT molecular complexity index is 1070. The molecule has 152 valence electrons. The van der Waals surface area contributed by atoms with Crippen molar-refractivity contribution in [2.24, 2.45) is 0 Å². The minimum absolute atomic E-state index is 0.0255. The van der Waals surface area contributed by atoms with Crippen molar-refractivity contribution in [2.45, 2.75) is 56.6 Å². The van der Waals surface area contributed by atoms with Crippen molar-refractivity contribution in [2.75, 3.05) is 5.75 Å². The molecule has 1 fully saturated rings. The fraction of sp³-hybridized carbons (Fsp3) is 0.409. The molecule has 0 radical (unpaired) electrons. The van der Waals surface area contributed by atoms with E-state index >= 15 is 0 Å². The Labute approximate surface area is 178 Å². The second-order valence-electron chi connectivity index (χ2n) is 7.39. The lowest BCUT2D eigenvalue weighted by Gasteiger charge is -2.15. The zero-order valence-electron chi connectivity index (χ0n) is 16.7. The largest absolute Gasteiger partial charge is 0.353 e. The molecular weight excluding hydrogens is 402 g/mol. The Kier molecular flexibility index (Phi) is 6.06. The molecule has 3 aromatic rings. The van der Waals surface area contributed by atoms with E-state index in [4.69, 9.17) is 4.98 Å². The first kappa shape index (κ1) is 20.2. The molecular formula is C22H25N3O2S2. The summed E-state index contributed by atoms with van der Waals surface area (Å²) in [6, 6.07) is 9.76. The van der Waals surface area contributed by atoms with E-state index in [0.29, 0.717) is 11.1 Å². The number of amides is 1. The zero-order valence-corrected chi connectivity index (χ0v) is 18.3. The summed E-state index contributed by atoms with van der Waals surface area (Å²) < 4.78 is 1.66. The van der Waals surface area contributed by atoms with Crippen molar-refractivity contribution in [1.82, 2.24) is 14.9 Å². The van der Waals surface area contributed by atoms with Crippen molar-refractivity contribution in [3.63, 3.8) is 0 Å². The standard InChI is InChI=1S/C22H25N3O2S2/c1-3-15(4-2)23-18(26)13-29-22-24-20-19(17(12-28-20)14-10-11-14)21(27)25(22)16-8-6-5-7-9-16/h5-9,12,14-15H,3-4,10-11,13H2,1-2H3,(H,23,26). The van der Waals surface area contributed by atoms with Crippen LogP contribution in [-0.4, -0.2) is 27.3 Å². The molecule has 1 aliphatic rings. The summed E-state index contributed by atoms with van der Waals surface area (Å²) in [5.74, 6) is 0.705. The average Bonchev–Trinajstić information content (AvgIpc) is 3.50. The molecule has 1 amide bonds. The quantitative estimate of drug-likeness (QED) is 0.417. The highest BCUT2D eigenvalue weighted by molar-refractivity contribution is 7.99. The highest BCUT2D eigenvalue weighted by atomic mass is 32.2. The number of hydrogen-bond donors (Lipinski definition) is 1. The summed E-state index contributed by atoms with van der Waals surface area (Å²) in [6.07, 6.45) is 4.10. The third kappa shape index (κ3) is 4.26. The molecule has 1 saturated carbocycles. The number of nitrogens with one attached hydrogen (secondary N) is 1. The van der Waals surface area contributed by atoms with Crippen molar-refractivity contribution >= 4 is 39.2 Å². The van der Waals surface area contributed by atoms with E-state index in [1.165, 1.54) is 23.1 Å². The molecule has 2 aromatic heterocycles. The Morgan fingerprint density at radius 1 is 1.28 bits per heavy atom. The number of aromatic nitrogens is 2. The lowest BCUT2D eigenvalue weighted by atomic mass is 10.1. The average molecular weight is 428 g/mol. The van der Waals surface area contributed by atoms with Gasteiger partial charge in [-0.1, -0.05) is 43.8 Å². The summed E-state index contributed by atoms with van der Waals surface area (Å²) in [5, 5.41) is 6.45. The number of carbonyl (C=O) groups is 1. The van der Waals surface area contributed by atoms with Gasteiger partial charge in [-0.05, 0) is 54.7 Å². The predicted octanol–water partition coefficient (Wildman–Crippen LogP) is 4.72. The molecule has 1 N–H and O–H groups in total. The minimum atomic E-state index is -0.0350. The van der Waals surface area contributed by atoms with E-state index in [9.17, 15) is 9.59 Å². The number of thioether (sulfide) groups is 1. The summed E-state index contributed by atoms with van der Waals surface area (Å²) in [6.45, 7) is 4.14. The Balaban J connectivity index is 1.71. The summed E-state index contributed by atoms with van der Waals surface area (Å²) in [4.78, 5) is 31.5. The third-order valence-corrected chi connectivity index (χ3v) is 7.15. The summed E-state index contributed by atoms with van der Waals surface area (Å²) >= 11 is 2.85. The molecule has 0 atom stereocenters. The van der Waals surface area contributed by atoms with E-state index < -0.39 is 0 Å². The predicted molar refractivity (Wildman–Crippen MR) is 120 cm³/mol. The molecule has 4 rings (SSSR count). The fourth-order valence-electron chi connectivity index (χ4n) is 3.48. The number of nitrogens with zero attached hydrogens (tertiary/aromatic N) is 2. The first-order valence-corrected chi connectivity index (χ1v) is 12.0. The number of hydrogen-bond acceptors (Lipinski definition) is 5. The van der Waals surface area contributed by atoms with Crippen LogP contribution in [0.25, 0.3) is 15.9 Å². The van der Waals surface area contributed by atoms with Crippen molar-refractivity contribution in [3.8, 4) is 5.69 Å². The van der Waals surface area contributed by atoms with Crippen LogP contribution >= 0.6 is 23.1 Å². The van der Waals surface area contributed by atoms with E-state index in [0.717, 1.165) is 47.2 Å². The smallest absolute Gasteiger partial charge is 0.267 e. The van der Waals surface area contributed by atoms with Crippen LogP contribution in [0.3, 0.4) is 0 Å². The monoisotopic (exact) mass is 427 g/mol. The maximum Gasteiger partial charge on any atom is 0.267 e. The van der Waals surface area contributed by atoms with Crippen LogP contribution in [0.2, 0.25) is 0 Å². The van der Waals surface area contributed by atoms with Gasteiger partial charge in [-0.2, -0.15) is 0 Å². The fourth-order valence-corrected chi connectivity index (χ4v) is 5.37. The number of para-hydroxylation sites is 1. The molecule has 0 saturated heterocycles. The van der Waals surface area contributed by atoms with Gasteiger partial charge in [0.05, 0.1) is 16.8 Å². The van der Waals surface area contributed by atoms with Crippen molar-refractivity contribution in [1.29, 1.82) is 0 Å². The minimum Gasteiger partial charge on any atom is -0.353 e. The van der Waals surface area contributed by atoms with Gasteiger partial charge in [0.1, 0.15) is 4.83 Å². The van der Waals surface area contributed by atoms with Crippen LogP contribution in [0.15, 0.2) is 45.7 Å². The molecule has 0 aliphatic heterocycles. The van der Waals surface area contributed by atoms with Crippen LogP contribution in [-0.2, 0) is 4.79 Å². The van der Waals surface area contributed by atoms with Gasteiger partial charge >= 0.3 is 0 Å². The lowest BCUT2D eigenvalue weighted by Crippen LogP contribution is -2.35. The highest BCUT2D eigenvalue weighted by Gasteiger charge is 2.29. The molecule has 0 unspecified atom stereocenters. The topological polar surface area (TPSA) is 64.0 Å². The number of carbonyl (C=O) groups excluding carboxylic acids is 1. The van der Waals surface area contributed by atoms with E-state index in [1.54, 1.807) is 4.57 Å². The SMILES string of the molecule is CCC(CC)NC(=O)CSc1nc2scc(C3CC3)c2c(=O)n1-c1ccccc1. The van der Waals surface area contributed by atoms with E-state index in [1.807, 2.05) is 30.3 Å². The molecule has 0 spiro atoms. The van der Waals surface area contributed by atoms with Crippen LogP contribution in [0.5, 0.6) is 0 Å². The number of thiophene rings is 1.